The molecule has 0 spiro atoms. The van der Waals surface area contributed by atoms with Gasteiger partial charge in [-0.15, -0.1) is 21.5 Å². The number of methoxy groups -OCH3 is 1. The maximum atomic E-state index is 13.3. The Morgan fingerprint density at radius 2 is 1.83 bits per heavy atom. The summed E-state index contributed by atoms with van der Waals surface area (Å²) in [6, 6.07) is 10.9. The van der Waals surface area contributed by atoms with Gasteiger partial charge in [0.15, 0.2) is 11.0 Å². The van der Waals surface area contributed by atoms with E-state index in [0.717, 1.165) is 5.56 Å². The molecule has 2 heterocycles. The molecule has 0 aliphatic heterocycles. The first-order chi connectivity index (χ1) is 16.8. The van der Waals surface area contributed by atoms with Crippen LogP contribution < -0.4 is 5.32 Å². The number of thioether (sulfide) groups is 1. The number of hydrogen-bond donors (Lipinski definition) is 1. The van der Waals surface area contributed by atoms with Gasteiger partial charge < -0.3 is 14.6 Å². The number of aromatic nitrogens is 3. The van der Waals surface area contributed by atoms with Crippen molar-refractivity contribution < 1.29 is 18.7 Å². The quantitative estimate of drug-likeness (QED) is 0.218. The van der Waals surface area contributed by atoms with Crippen molar-refractivity contribution in [3.63, 3.8) is 0 Å². The lowest BCUT2D eigenvalue weighted by Gasteiger charge is -2.08. The number of anilines is 1. The molecule has 0 atom stereocenters. The standard InChI is InChI=1S/C23H17Cl2FN4O3S2/c1-30-20(13-5-8-16(24)17(25)9-13)28-29-23(30)35-11-18(31)27-21-19(22(32)33-2)15(10-34-21)12-3-6-14(26)7-4-12/h3-10H,11H2,1-2H3,(H,27,31). The molecule has 180 valence electrons. The molecule has 0 fully saturated rings. The van der Waals surface area contributed by atoms with Gasteiger partial charge in [-0.2, -0.15) is 0 Å². The first kappa shape index (κ1) is 25.2. The molecular weight excluding hydrogens is 534 g/mol. The highest BCUT2D eigenvalue weighted by Gasteiger charge is 2.23. The summed E-state index contributed by atoms with van der Waals surface area (Å²) in [6.07, 6.45) is 0. The second kappa shape index (κ2) is 10.8. The van der Waals surface area contributed by atoms with Gasteiger partial charge in [0.05, 0.1) is 22.9 Å². The smallest absolute Gasteiger partial charge is 0.341 e. The zero-order chi connectivity index (χ0) is 25.1. The monoisotopic (exact) mass is 550 g/mol. The molecule has 0 saturated heterocycles. The van der Waals surface area contributed by atoms with Crippen molar-refractivity contribution in [3.05, 3.63) is 69.3 Å². The van der Waals surface area contributed by atoms with Crippen LogP contribution in [0.5, 0.6) is 0 Å². The second-order valence-corrected chi connectivity index (χ2v) is 9.82. The summed E-state index contributed by atoms with van der Waals surface area (Å²) < 4.78 is 20.0. The fourth-order valence-corrected chi connectivity index (χ4v) is 5.20. The number of halogens is 3. The van der Waals surface area contributed by atoms with Crippen molar-refractivity contribution in [2.24, 2.45) is 7.05 Å². The summed E-state index contributed by atoms with van der Waals surface area (Å²) in [5.74, 6) is -0.737. The molecule has 4 rings (SSSR count). The number of carbonyl (C=O) groups is 2. The molecule has 0 unspecified atom stereocenters. The first-order valence-electron chi connectivity index (χ1n) is 10.0. The van der Waals surface area contributed by atoms with Crippen LogP contribution >= 0.6 is 46.3 Å². The van der Waals surface area contributed by atoms with E-state index in [2.05, 4.69) is 15.5 Å². The van der Waals surface area contributed by atoms with E-state index in [4.69, 9.17) is 27.9 Å². The molecule has 2 aromatic heterocycles. The lowest BCUT2D eigenvalue weighted by Crippen LogP contribution is -2.16. The number of rotatable bonds is 7. The molecule has 0 radical (unpaired) electrons. The normalized spacial score (nSPS) is 10.9. The summed E-state index contributed by atoms with van der Waals surface area (Å²) in [4.78, 5) is 25.2. The van der Waals surface area contributed by atoms with Crippen molar-refractivity contribution in [1.29, 1.82) is 0 Å². The van der Waals surface area contributed by atoms with E-state index < -0.39 is 5.97 Å². The molecule has 0 aliphatic rings. The maximum absolute atomic E-state index is 13.3. The number of carbonyl (C=O) groups excluding carboxylic acids is 2. The van der Waals surface area contributed by atoms with Crippen LogP contribution in [0.3, 0.4) is 0 Å². The molecule has 2 aromatic carbocycles. The third-order valence-corrected chi connectivity index (χ3v) is 7.59. The number of nitrogens with zero attached hydrogens (tertiary/aromatic N) is 3. The minimum absolute atomic E-state index is 0.0255. The SMILES string of the molecule is COC(=O)c1c(-c2ccc(F)cc2)csc1NC(=O)CSc1nnc(-c2ccc(Cl)c(Cl)c2)n1C. The molecule has 1 N–H and O–H groups in total. The Hall–Kier alpha value is -2.92. The topological polar surface area (TPSA) is 86.1 Å². The zero-order valence-electron chi connectivity index (χ0n) is 18.3. The van der Waals surface area contributed by atoms with Crippen molar-refractivity contribution in [1.82, 2.24) is 14.8 Å². The van der Waals surface area contributed by atoms with Crippen LogP contribution in [0, 0.1) is 5.82 Å². The van der Waals surface area contributed by atoms with E-state index in [9.17, 15) is 14.0 Å². The second-order valence-electron chi connectivity index (χ2n) is 7.18. The number of hydrogen-bond acceptors (Lipinski definition) is 7. The number of benzene rings is 2. The van der Waals surface area contributed by atoms with Crippen molar-refractivity contribution >= 4 is 63.2 Å². The average Bonchev–Trinajstić information content (AvgIpc) is 3.43. The minimum Gasteiger partial charge on any atom is -0.465 e. The Labute approximate surface area is 218 Å². The van der Waals surface area contributed by atoms with Crippen LogP contribution in [-0.2, 0) is 16.6 Å². The van der Waals surface area contributed by atoms with E-state index in [1.165, 1.54) is 42.3 Å². The molecule has 35 heavy (non-hydrogen) atoms. The highest BCUT2D eigenvalue weighted by Crippen LogP contribution is 2.36. The van der Waals surface area contributed by atoms with Gasteiger partial charge in [-0.05, 0) is 35.9 Å². The number of amides is 1. The van der Waals surface area contributed by atoms with Crippen LogP contribution in [-0.4, -0.2) is 39.5 Å². The third-order valence-electron chi connectivity index (χ3n) is 4.93. The van der Waals surface area contributed by atoms with E-state index in [-0.39, 0.29) is 23.0 Å². The zero-order valence-corrected chi connectivity index (χ0v) is 21.5. The Bertz CT molecular complexity index is 1410. The summed E-state index contributed by atoms with van der Waals surface area (Å²) in [5, 5.41) is 14.5. The predicted molar refractivity (Wildman–Crippen MR) is 137 cm³/mol. The van der Waals surface area contributed by atoms with E-state index in [1.54, 1.807) is 47.3 Å². The van der Waals surface area contributed by atoms with Gasteiger partial charge in [-0.25, -0.2) is 9.18 Å². The van der Waals surface area contributed by atoms with Gasteiger partial charge >= 0.3 is 5.97 Å². The van der Waals surface area contributed by atoms with Gasteiger partial charge in [0, 0.05) is 23.6 Å². The van der Waals surface area contributed by atoms with Crippen LogP contribution in [0.25, 0.3) is 22.5 Å². The van der Waals surface area contributed by atoms with Gasteiger partial charge in [0.2, 0.25) is 5.91 Å². The number of esters is 1. The Morgan fingerprint density at radius 1 is 1.11 bits per heavy atom. The Balaban J connectivity index is 1.48. The summed E-state index contributed by atoms with van der Waals surface area (Å²) >= 11 is 14.5. The van der Waals surface area contributed by atoms with Crippen LogP contribution in [0.15, 0.2) is 53.0 Å². The van der Waals surface area contributed by atoms with Crippen molar-refractivity contribution in [2.45, 2.75) is 5.16 Å². The third kappa shape index (κ3) is 5.51. The van der Waals surface area contributed by atoms with Crippen LogP contribution in [0.1, 0.15) is 10.4 Å². The lowest BCUT2D eigenvalue weighted by molar-refractivity contribution is -0.113. The number of ether oxygens (including phenoxy) is 1. The molecule has 0 bridgehead atoms. The van der Waals surface area contributed by atoms with Crippen molar-refractivity contribution in [3.8, 4) is 22.5 Å². The Morgan fingerprint density at radius 3 is 2.51 bits per heavy atom. The molecule has 0 aliphatic carbocycles. The average molecular weight is 551 g/mol. The number of thiophene rings is 1. The van der Waals surface area contributed by atoms with Crippen LogP contribution in [0.2, 0.25) is 10.0 Å². The Kier molecular flexibility index (Phi) is 7.75. The van der Waals surface area contributed by atoms with Gasteiger partial charge in [-0.1, -0.05) is 47.1 Å². The first-order valence-corrected chi connectivity index (χ1v) is 12.6. The van der Waals surface area contributed by atoms with Gasteiger partial charge in [0.1, 0.15) is 16.4 Å². The van der Waals surface area contributed by atoms with E-state index >= 15 is 0 Å². The predicted octanol–water partition coefficient (Wildman–Crippen LogP) is 6.17. The maximum Gasteiger partial charge on any atom is 0.341 e. The molecular formula is C23H17Cl2FN4O3S2. The number of nitrogens with one attached hydrogen (secondary N) is 1. The van der Waals surface area contributed by atoms with Crippen molar-refractivity contribution in [2.75, 3.05) is 18.2 Å². The summed E-state index contributed by atoms with van der Waals surface area (Å²) in [6.45, 7) is 0. The van der Waals surface area contributed by atoms with Gasteiger partial charge in [0.25, 0.3) is 0 Å². The van der Waals surface area contributed by atoms with E-state index in [0.29, 0.717) is 37.2 Å². The molecule has 1 amide bonds. The fraction of sp³-hybridized carbons (Fsp3) is 0.130. The summed E-state index contributed by atoms with van der Waals surface area (Å²) in [7, 11) is 3.04. The summed E-state index contributed by atoms with van der Waals surface area (Å²) in [5.41, 5.74) is 2.12. The minimum atomic E-state index is -0.604. The lowest BCUT2D eigenvalue weighted by atomic mass is 10.0. The molecule has 4 aromatic rings. The fourth-order valence-electron chi connectivity index (χ4n) is 3.22. The highest BCUT2D eigenvalue weighted by atomic mass is 35.5. The molecule has 7 nitrogen and oxygen atoms in total. The molecule has 0 saturated carbocycles. The van der Waals surface area contributed by atoms with Crippen LogP contribution in [0.4, 0.5) is 9.39 Å². The van der Waals surface area contributed by atoms with E-state index in [1.807, 2.05) is 0 Å². The molecule has 12 heteroatoms. The largest absolute Gasteiger partial charge is 0.465 e. The van der Waals surface area contributed by atoms with Gasteiger partial charge in [-0.3, -0.25) is 4.79 Å². The highest BCUT2D eigenvalue weighted by molar-refractivity contribution is 7.99.